The Balaban J connectivity index is 1.40. The fourth-order valence-electron chi connectivity index (χ4n) is 2.45. The van der Waals surface area contributed by atoms with Gasteiger partial charge in [0.1, 0.15) is 11.5 Å². The number of rotatable bonds is 9. The number of hydrogen-bond acceptors (Lipinski definition) is 5. The summed E-state index contributed by atoms with van der Waals surface area (Å²) in [5, 5.41) is 2.74. The second kappa shape index (κ2) is 10.9. The minimum absolute atomic E-state index is 0.321. The van der Waals surface area contributed by atoms with E-state index in [1.807, 2.05) is 60.7 Å². The number of hydrogen-bond donors (Lipinski definition) is 1. The Morgan fingerprint density at radius 1 is 0.828 bits per heavy atom. The van der Waals surface area contributed by atoms with E-state index in [2.05, 4.69) is 5.32 Å². The molecule has 0 aliphatic carbocycles. The van der Waals surface area contributed by atoms with Gasteiger partial charge in [0.05, 0.1) is 5.56 Å². The molecule has 0 atom stereocenters. The van der Waals surface area contributed by atoms with Crippen molar-refractivity contribution in [3.05, 3.63) is 90.5 Å². The molecule has 6 heteroatoms. The maximum Gasteiger partial charge on any atom is 0.338 e. The highest BCUT2D eigenvalue weighted by Gasteiger charge is 2.11. The van der Waals surface area contributed by atoms with E-state index in [-0.39, 0.29) is 12.5 Å². The Kier molecular flexibility index (Phi) is 7.72. The second-order valence-corrected chi connectivity index (χ2v) is 7.20. The van der Waals surface area contributed by atoms with Gasteiger partial charge in [0, 0.05) is 17.2 Å². The summed E-state index contributed by atoms with van der Waals surface area (Å²) >= 11 is 1.65. The van der Waals surface area contributed by atoms with Gasteiger partial charge in [-0.3, -0.25) is 4.79 Å². The van der Waals surface area contributed by atoms with Crippen molar-refractivity contribution in [3.8, 4) is 11.5 Å². The Bertz CT molecular complexity index is 932. The molecular formula is C23H21NO4S. The molecule has 0 aromatic heterocycles. The van der Waals surface area contributed by atoms with Gasteiger partial charge in [-0.15, -0.1) is 11.8 Å². The van der Waals surface area contributed by atoms with E-state index in [1.54, 1.807) is 36.0 Å². The van der Waals surface area contributed by atoms with E-state index < -0.39 is 5.97 Å². The van der Waals surface area contributed by atoms with Gasteiger partial charge in [-0.05, 0) is 42.5 Å². The fraction of sp³-hybridized carbons (Fsp3) is 0.130. The zero-order valence-electron chi connectivity index (χ0n) is 15.7. The third-order valence-corrected chi connectivity index (χ3v) is 4.83. The maximum absolute atomic E-state index is 12.2. The van der Waals surface area contributed by atoms with Gasteiger partial charge in [-0.1, -0.05) is 42.5 Å². The summed E-state index contributed by atoms with van der Waals surface area (Å²) in [6.45, 7) is 0.176. The normalized spacial score (nSPS) is 10.2. The van der Waals surface area contributed by atoms with Crippen LogP contribution in [0, 0.1) is 0 Å². The Morgan fingerprint density at radius 2 is 1.52 bits per heavy atom. The first kappa shape index (κ1) is 20.5. The number of carbonyl (C=O) groups is 2. The van der Waals surface area contributed by atoms with Crippen LogP contribution in [0.25, 0.3) is 0 Å². The topological polar surface area (TPSA) is 64.6 Å². The van der Waals surface area contributed by atoms with Gasteiger partial charge in [0.2, 0.25) is 0 Å². The summed E-state index contributed by atoms with van der Waals surface area (Å²) in [6, 6.07) is 25.9. The molecule has 148 valence electrons. The number of ether oxygens (including phenoxy) is 2. The lowest BCUT2D eigenvalue weighted by Gasteiger charge is -2.08. The predicted octanol–water partition coefficient (Wildman–Crippen LogP) is 4.54. The minimum Gasteiger partial charge on any atom is -0.457 e. The highest BCUT2D eigenvalue weighted by Crippen LogP contribution is 2.22. The number of para-hydroxylation sites is 1. The summed E-state index contributed by atoms with van der Waals surface area (Å²) in [4.78, 5) is 25.2. The zero-order chi connectivity index (χ0) is 20.3. The molecule has 0 bridgehead atoms. The lowest BCUT2D eigenvalue weighted by atomic mass is 10.2. The quantitative estimate of drug-likeness (QED) is 0.320. The molecule has 0 saturated heterocycles. The molecule has 1 N–H and O–H groups in total. The van der Waals surface area contributed by atoms with Crippen molar-refractivity contribution in [1.29, 1.82) is 0 Å². The smallest absolute Gasteiger partial charge is 0.338 e. The van der Waals surface area contributed by atoms with Crippen LogP contribution in [0.5, 0.6) is 11.5 Å². The van der Waals surface area contributed by atoms with Crippen molar-refractivity contribution in [2.24, 2.45) is 0 Å². The van der Waals surface area contributed by atoms with Gasteiger partial charge in [0.15, 0.2) is 6.61 Å². The fourth-order valence-corrected chi connectivity index (χ4v) is 3.24. The van der Waals surface area contributed by atoms with Crippen LogP contribution < -0.4 is 10.1 Å². The molecular weight excluding hydrogens is 386 g/mol. The molecule has 0 fully saturated rings. The molecule has 5 nitrogen and oxygen atoms in total. The molecule has 0 saturated carbocycles. The first-order chi connectivity index (χ1) is 14.2. The van der Waals surface area contributed by atoms with Crippen molar-refractivity contribution in [2.75, 3.05) is 18.9 Å². The molecule has 3 aromatic rings. The molecule has 0 aliphatic heterocycles. The van der Waals surface area contributed by atoms with Crippen molar-refractivity contribution in [1.82, 2.24) is 5.32 Å². The van der Waals surface area contributed by atoms with Crippen LogP contribution in [0.1, 0.15) is 10.4 Å². The predicted molar refractivity (Wildman–Crippen MR) is 113 cm³/mol. The number of benzene rings is 3. The van der Waals surface area contributed by atoms with Crippen LogP contribution in [0.4, 0.5) is 0 Å². The van der Waals surface area contributed by atoms with Crippen LogP contribution in [0.15, 0.2) is 89.8 Å². The van der Waals surface area contributed by atoms with Gasteiger partial charge in [-0.2, -0.15) is 0 Å². The maximum atomic E-state index is 12.2. The van der Waals surface area contributed by atoms with Crippen LogP contribution in [-0.2, 0) is 9.53 Å². The van der Waals surface area contributed by atoms with Gasteiger partial charge in [-0.25, -0.2) is 4.79 Å². The van der Waals surface area contributed by atoms with E-state index in [4.69, 9.17) is 9.47 Å². The molecule has 1 amide bonds. The van der Waals surface area contributed by atoms with E-state index in [0.29, 0.717) is 23.6 Å². The van der Waals surface area contributed by atoms with Crippen molar-refractivity contribution in [2.45, 2.75) is 4.90 Å². The Morgan fingerprint density at radius 3 is 2.28 bits per heavy atom. The highest BCUT2D eigenvalue weighted by molar-refractivity contribution is 7.99. The number of nitrogens with one attached hydrogen (secondary N) is 1. The van der Waals surface area contributed by atoms with Crippen LogP contribution in [-0.4, -0.2) is 30.8 Å². The van der Waals surface area contributed by atoms with Crippen molar-refractivity contribution >= 4 is 23.6 Å². The van der Waals surface area contributed by atoms with E-state index in [0.717, 1.165) is 10.6 Å². The zero-order valence-corrected chi connectivity index (χ0v) is 16.6. The standard InChI is InChI=1S/C23H21NO4S/c25-22(24-14-15-29-21-12-5-2-6-13-21)17-27-23(26)18-8-7-11-20(16-18)28-19-9-3-1-4-10-19/h1-13,16H,14-15,17H2,(H,24,25). The summed E-state index contributed by atoms with van der Waals surface area (Å²) in [7, 11) is 0. The lowest BCUT2D eigenvalue weighted by Crippen LogP contribution is -2.30. The average Bonchev–Trinajstić information content (AvgIpc) is 2.77. The molecule has 0 heterocycles. The monoisotopic (exact) mass is 407 g/mol. The van der Waals surface area contributed by atoms with Crippen LogP contribution >= 0.6 is 11.8 Å². The van der Waals surface area contributed by atoms with Gasteiger partial charge in [0.25, 0.3) is 5.91 Å². The molecule has 0 aliphatic rings. The third-order valence-electron chi connectivity index (χ3n) is 3.82. The minimum atomic E-state index is -0.572. The van der Waals surface area contributed by atoms with E-state index in [1.165, 1.54) is 0 Å². The molecule has 0 unspecified atom stereocenters. The number of thioether (sulfide) groups is 1. The van der Waals surface area contributed by atoms with Gasteiger partial charge >= 0.3 is 5.97 Å². The first-order valence-electron chi connectivity index (χ1n) is 9.15. The van der Waals surface area contributed by atoms with Crippen molar-refractivity contribution in [3.63, 3.8) is 0 Å². The average molecular weight is 407 g/mol. The summed E-state index contributed by atoms with van der Waals surface area (Å²) in [5.74, 6) is 1.03. The van der Waals surface area contributed by atoms with Gasteiger partial charge < -0.3 is 14.8 Å². The number of amides is 1. The molecule has 0 spiro atoms. The molecule has 29 heavy (non-hydrogen) atoms. The Labute approximate surface area is 174 Å². The third kappa shape index (κ3) is 7.01. The van der Waals surface area contributed by atoms with Crippen molar-refractivity contribution < 1.29 is 19.1 Å². The number of carbonyl (C=O) groups excluding carboxylic acids is 2. The van der Waals surface area contributed by atoms with E-state index in [9.17, 15) is 9.59 Å². The second-order valence-electron chi connectivity index (χ2n) is 6.03. The summed E-state index contributed by atoms with van der Waals surface area (Å²) < 4.78 is 10.8. The summed E-state index contributed by atoms with van der Waals surface area (Å²) in [5.41, 5.74) is 0.325. The van der Waals surface area contributed by atoms with Crippen LogP contribution in [0.2, 0.25) is 0 Å². The largest absolute Gasteiger partial charge is 0.457 e. The number of esters is 1. The molecule has 0 radical (unpaired) electrons. The summed E-state index contributed by atoms with van der Waals surface area (Å²) in [6.07, 6.45) is 0. The SMILES string of the molecule is O=C(COC(=O)c1cccc(Oc2ccccc2)c1)NCCSc1ccccc1. The molecule has 3 aromatic carbocycles. The first-order valence-corrected chi connectivity index (χ1v) is 10.1. The highest BCUT2D eigenvalue weighted by atomic mass is 32.2. The lowest BCUT2D eigenvalue weighted by molar-refractivity contribution is -0.124. The Hall–Kier alpha value is -3.25. The molecule has 3 rings (SSSR count). The van der Waals surface area contributed by atoms with Crippen LogP contribution in [0.3, 0.4) is 0 Å². The van der Waals surface area contributed by atoms with E-state index >= 15 is 0 Å².